The van der Waals surface area contributed by atoms with Gasteiger partial charge >= 0.3 is 5.97 Å². The number of hydrogen-bond donors (Lipinski definition) is 1. The molecule has 0 unspecified atom stereocenters. The lowest BCUT2D eigenvalue weighted by Gasteiger charge is -2.05. The fourth-order valence-corrected chi connectivity index (χ4v) is 2.34. The van der Waals surface area contributed by atoms with Crippen molar-refractivity contribution in [2.24, 2.45) is 0 Å². The van der Waals surface area contributed by atoms with Crippen LogP contribution in [0.25, 0.3) is 11.5 Å². The van der Waals surface area contributed by atoms with E-state index in [1.807, 2.05) is 6.07 Å². The molecule has 1 N–H and O–H groups in total. The Kier molecular flexibility index (Phi) is 5.88. The first-order chi connectivity index (χ1) is 13.2. The monoisotopic (exact) mass is 366 g/mol. The maximum absolute atomic E-state index is 12.0. The second-order valence-electron chi connectivity index (χ2n) is 5.69. The Morgan fingerprint density at radius 2 is 1.96 bits per heavy atom. The summed E-state index contributed by atoms with van der Waals surface area (Å²) >= 11 is 0. The average molecular weight is 366 g/mol. The van der Waals surface area contributed by atoms with Crippen LogP contribution in [0.2, 0.25) is 0 Å². The Morgan fingerprint density at radius 1 is 1.15 bits per heavy atom. The minimum Gasteiger partial charge on any atom is -0.465 e. The minimum atomic E-state index is -0.393. The van der Waals surface area contributed by atoms with Crippen molar-refractivity contribution in [1.82, 2.24) is 20.4 Å². The molecule has 0 bridgehead atoms. The predicted molar refractivity (Wildman–Crippen MR) is 95.5 cm³/mol. The molecule has 0 aliphatic rings. The molecule has 8 nitrogen and oxygen atoms in total. The summed E-state index contributed by atoms with van der Waals surface area (Å²) in [6, 6.07) is 12.3. The molecule has 3 aromatic rings. The van der Waals surface area contributed by atoms with Gasteiger partial charge in [-0.3, -0.25) is 9.78 Å². The molecule has 1 aromatic carbocycles. The fraction of sp³-hybridized carbons (Fsp3) is 0.211. The third-order valence-corrected chi connectivity index (χ3v) is 3.79. The van der Waals surface area contributed by atoms with Gasteiger partial charge in [0.05, 0.1) is 12.7 Å². The van der Waals surface area contributed by atoms with E-state index in [0.29, 0.717) is 35.9 Å². The Bertz CT molecular complexity index is 907. The van der Waals surface area contributed by atoms with Crippen LogP contribution in [0, 0.1) is 0 Å². The Labute approximate surface area is 155 Å². The SMILES string of the molecule is COC(=O)c1ccc(CNC(=O)CCc2nc(-c3ccccn3)no2)cc1. The summed E-state index contributed by atoms with van der Waals surface area (Å²) in [7, 11) is 1.33. The van der Waals surface area contributed by atoms with Crippen LogP contribution in [-0.2, 0) is 22.5 Å². The molecule has 27 heavy (non-hydrogen) atoms. The van der Waals surface area contributed by atoms with E-state index in [-0.39, 0.29) is 12.3 Å². The number of esters is 1. The number of ether oxygens (including phenoxy) is 1. The third kappa shape index (κ3) is 4.97. The van der Waals surface area contributed by atoms with Gasteiger partial charge in [0, 0.05) is 25.6 Å². The van der Waals surface area contributed by atoms with Crippen molar-refractivity contribution < 1.29 is 18.8 Å². The molecule has 0 atom stereocenters. The molecule has 2 heterocycles. The summed E-state index contributed by atoms with van der Waals surface area (Å²) in [6.45, 7) is 0.364. The molecule has 0 spiro atoms. The molecular weight excluding hydrogens is 348 g/mol. The Hall–Kier alpha value is -3.55. The lowest BCUT2D eigenvalue weighted by Crippen LogP contribution is -2.23. The number of benzene rings is 1. The molecule has 0 aliphatic heterocycles. The van der Waals surface area contributed by atoms with Gasteiger partial charge in [-0.15, -0.1) is 0 Å². The molecule has 0 saturated heterocycles. The largest absolute Gasteiger partial charge is 0.465 e. The molecular formula is C19H18N4O4. The van der Waals surface area contributed by atoms with Crippen LogP contribution in [0.4, 0.5) is 0 Å². The van der Waals surface area contributed by atoms with Gasteiger partial charge in [0.15, 0.2) is 0 Å². The van der Waals surface area contributed by atoms with Crippen LogP contribution in [0.5, 0.6) is 0 Å². The van der Waals surface area contributed by atoms with Crippen molar-refractivity contribution >= 4 is 11.9 Å². The van der Waals surface area contributed by atoms with Gasteiger partial charge in [-0.2, -0.15) is 4.98 Å². The van der Waals surface area contributed by atoms with E-state index in [1.54, 1.807) is 42.6 Å². The molecule has 8 heteroatoms. The number of amides is 1. The van der Waals surface area contributed by atoms with Crippen molar-refractivity contribution in [2.75, 3.05) is 7.11 Å². The second kappa shape index (κ2) is 8.70. The number of hydrogen-bond acceptors (Lipinski definition) is 7. The summed E-state index contributed by atoms with van der Waals surface area (Å²) in [6.07, 6.45) is 2.22. The number of pyridine rings is 1. The van der Waals surface area contributed by atoms with Crippen LogP contribution < -0.4 is 5.32 Å². The minimum absolute atomic E-state index is 0.135. The zero-order chi connectivity index (χ0) is 19.1. The van der Waals surface area contributed by atoms with E-state index >= 15 is 0 Å². The molecule has 1 amide bonds. The number of aromatic nitrogens is 3. The molecule has 0 saturated carbocycles. The number of nitrogens with one attached hydrogen (secondary N) is 1. The summed E-state index contributed by atoms with van der Waals surface area (Å²) in [5.41, 5.74) is 1.96. The predicted octanol–water partition coefficient (Wildman–Crippen LogP) is 2.17. The number of rotatable bonds is 7. The lowest BCUT2D eigenvalue weighted by molar-refractivity contribution is -0.121. The highest BCUT2D eigenvalue weighted by Crippen LogP contribution is 2.12. The molecule has 0 radical (unpaired) electrons. The van der Waals surface area contributed by atoms with Crippen molar-refractivity contribution in [3.63, 3.8) is 0 Å². The van der Waals surface area contributed by atoms with Gasteiger partial charge < -0.3 is 14.6 Å². The maximum atomic E-state index is 12.0. The molecule has 2 aromatic heterocycles. The normalized spacial score (nSPS) is 10.4. The van der Waals surface area contributed by atoms with Crippen LogP contribution >= 0.6 is 0 Å². The van der Waals surface area contributed by atoms with Gasteiger partial charge in [0.25, 0.3) is 0 Å². The second-order valence-corrected chi connectivity index (χ2v) is 5.69. The van der Waals surface area contributed by atoms with E-state index < -0.39 is 5.97 Å². The first kappa shape index (κ1) is 18.2. The number of carbonyl (C=O) groups is 2. The quantitative estimate of drug-likeness (QED) is 0.639. The van der Waals surface area contributed by atoms with Gasteiger partial charge in [0.2, 0.25) is 17.6 Å². The third-order valence-electron chi connectivity index (χ3n) is 3.79. The number of methoxy groups -OCH3 is 1. The first-order valence-corrected chi connectivity index (χ1v) is 8.33. The van der Waals surface area contributed by atoms with E-state index in [9.17, 15) is 9.59 Å². The molecule has 3 rings (SSSR count). The summed E-state index contributed by atoms with van der Waals surface area (Å²) < 4.78 is 9.80. The van der Waals surface area contributed by atoms with Gasteiger partial charge in [-0.1, -0.05) is 23.4 Å². The molecule has 0 aliphatic carbocycles. The standard InChI is InChI=1S/C19H18N4O4/c1-26-19(25)14-7-5-13(6-8-14)12-21-16(24)9-10-17-22-18(23-27-17)15-4-2-3-11-20-15/h2-8,11H,9-10,12H2,1H3,(H,21,24). The van der Waals surface area contributed by atoms with Crippen molar-refractivity contribution in [3.8, 4) is 11.5 Å². The van der Waals surface area contributed by atoms with Gasteiger partial charge in [-0.05, 0) is 29.8 Å². The van der Waals surface area contributed by atoms with Crippen molar-refractivity contribution in [3.05, 3.63) is 65.7 Å². The highest BCUT2D eigenvalue weighted by Gasteiger charge is 2.11. The Morgan fingerprint density at radius 3 is 2.67 bits per heavy atom. The zero-order valence-electron chi connectivity index (χ0n) is 14.7. The average Bonchev–Trinajstić information content (AvgIpc) is 3.20. The number of nitrogens with zero attached hydrogens (tertiary/aromatic N) is 3. The maximum Gasteiger partial charge on any atom is 0.337 e. The Balaban J connectivity index is 1.46. The van der Waals surface area contributed by atoms with Crippen LogP contribution in [0.15, 0.2) is 53.2 Å². The summed E-state index contributed by atoms with van der Waals surface area (Å²) in [5, 5.41) is 6.68. The number of carbonyl (C=O) groups excluding carboxylic acids is 2. The van der Waals surface area contributed by atoms with E-state index in [4.69, 9.17) is 4.52 Å². The summed E-state index contributed by atoms with van der Waals surface area (Å²) in [4.78, 5) is 31.8. The van der Waals surface area contributed by atoms with E-state index in [1.165, 1.54) is 7.11 Å². The lowest BCUT2D eigenvalue weighted by atomic mass is 10.1. The highest BCUT2D eigenvalue weighted by atomic mass is 16.5. The van der Waals surface area contributed by atoms with Crippen LogP contribution in [-0.4, -0.2) is 34.1 Å². The van der Waals surface area contributed by atoms with E-state index in [0.717, 1.165) is 5.56 Å². The fourth-order valence-electron chi connectivity index (χ4n) is 2.34. The van der Waals surface area contributed by atoms with Crippen molar-refractivity contribution in [2.45, 2.75) is 19.4 Å². The van der Waals surface area contributed by atoms with Crippen LogP contribution in [0.1, 0.15) is 28.2 Å². The van der Waals surface area contributed by atoms with Crippen LogP contribution in [0.3, 0.4) is 0 Å². The van der Waals surface area contributed by atoms with E-state index in [2.05, 4.69) is 25.2 Å². The summed E-state index contributed by atoms with van der Waals surface area (Å²) in [5.74, 6) is 0.254. The van der Waals surface area contributed by atoms with Gasteiger partial charge in [-0.25, -0.2) is 4.79 Å². The molecule has 0 fully saturated rings. The zero-order valence-corrected chi connectivity index (χ0v) is 14.7. The number of aryl methyl sites for hydroxylation is 1. The highest BCUT2D eigenvalue weighted by molar-refractivity contribution is 5.89. The topological polar surface area (TPSA) is 107 Å². The van der Waals surface area contributed by atoms with Crippen molar-refractivity contribution in [1.29, 1.82) is 0 Å². The smallest absolute Gasteiger partial charge is 0.337 e. The first-order valence-electron chi connectivity index (χ1n) is 8.33. The van der Waals surface area contributed by atoms with Gasteiger partial charge in [0.1, 0.15) is 5.69 Å². The molecule has 138 valence electrons.